The first-order valence-electron chi connectivity index (χ1n) is 6.92. The molecule has 1 unspecified atom stereocenters. The van der Waals surface area contributed by atoms with Gasteiger partial charge in [-0.15, -0.1) is 11.3 Å². The van der Waals surface area contributed by atoms with Crippen molar-refractivity contribution in [1.82, 2.24) is 4.90 Å². The smallest absolute Gasteiger partial charge is 0.254 e. The number of hydrogen-bond donors (Lipinski definition) is 1. The summed E-state index contributed by atoms with van der Waals surface area (Å²) in [6.45, 7) is 2.83. The normalized spacial score (nSPS) is 17.4. The predicted molar refractivity (Wildman–Crippen MR) is 84.9 cm³/mol. The van der Waals surface area contributed by atoms with Gasteiger partial charge in [0.25, 0.3) is 5.91 Å². The molecule has 110 valence electrons. The second-order valence-electron chi connectivity index (χ2n) is 5.18. The Morgan fingerprint density at radius 1 is 1.43 bits per heavy atom. The van der Waals surface area contributed by atoms with Gasteiger partial charge < -0.3 is 15.4 Å². The summed E-state index contributed by atoms with van der Waals surface area (Å²) in [6, 6.07) is 7.43. The second-order valence-corrected chi connectivity index (χ2v) is 6.18. The lowest BCUT2D eigenvalue weighted by molar-refractivity contribution is 0.0679. The molecule has 3 rings (SSSR count). The molecule has 2 N–H and O–H groups in total. The van der Waals surface area contributed by atoms with Gasteiger partial charge in [-0.1, -0.05) is 0 Å². The van der Waals surface area contributed by atoms with Crippen molar-refractivity contribution in [2.75, 3.05) is 19.4 Å². The van der Waals surface area contributed by atoms with E-state index >= 15 is 0 Å². The van der Waals surface area contributed by atoms with Crippen molar-refractivity contribution in [3.8, 4) is 5.75 Å². The van der Waals surface area contributed by atoms with Crippen LogP contribution in [-0.4, -0.2) is 24.5 Å². The van der Waals surface area contributed by atoms with Gasteiger partial charge >= 0.3 is 0 Å². The number of nitrogens with two attached hydrogens (primary N) is 1. The molecule has 2 heterocycles. The summed E-state index contributed by atoms with van der Waals surface area (Å²) in [5.74, 6) is 0.618. The summed E-state index contributed by atoms with van der Waals surface area (Å²) in [5.41, 5.74) is 8.26. The van der Waals surface area contributed by atoms with Crippen LogP contribution in [0.25, 0.3) is 0 Å². The zero-order valence-electron chi connectivity index (χ0n) is 12.1. The van der Waals surface area contributed by atoms with Crippen LogP contribution in [0.4, 0.5) is 5.69 Å². The van der Waals surface area contributed by atoms with Crippen LogP contribution >= 0.6 is 11.3 Å². The highest BCUT2D eigenvalue weighted by Crippen LogP contribution is 2.34. The standard InChI is InChI=1S/C16H18N2O2S/c1-10-12-6-8-21-15(12)5-7-18(10)16(19)11-3-4-14(20-2)13(17)9-11/h3-4,6,8-10H,5,7,17H2,1-2H3. The van der Waals surface area contributed by atoms with Crippen LogP contribution in [0.1, 0.15) is 33.8 Å². The van der Waals surface area contributed by atoms with E-state index in [1.807, 2.05) is 4.90 Å². The topological polar surface area (TPSA) is 55.6 Å². The number of carbonyl (C=O) groups is 1. The third kappa shape index (κ3) is 2.38. The number of nitrogen functional groups attached to an aromatic ring is 1. The van der Waals surface area contributed by atoms with Gasteiger partial charge in [0.1, 0.15) is 5.75 Å². The van der Waals surface area contributed by atoms with E-state index in [0.29, 0.717) is 17.0 Å². The number of rotatable bonds is 2. The second kappa shape index (κ2) is 5.41. The van der Waals surface area contributed by atoms with Gasteiger partial charge in [-0.25, -0.2) is 0 Å². The van der Waals surface area contributed by atoms with Crippen molar-refractivity contribution in [3.05, 3.63) is 45.6 Å². The van der Waals surface area contributed by atoms with Crippen LogP contribution in [0.5, 0.6) is 5.75 Å². The SMILES string of the molecule is COc1ccc(C(=O)N2CCc3sccc3C2C)cc1N. The van der Waals surface area contributed by atoms with E-state index < -0.39 is 0 Å². The molecule has 1 aromatic carbocycles. The molecule has 21 heavy (non-hydrogen) atoms. The Balaban J connectivity index is 1.88. The highest BCUT2D eigenvalue weighted by atomic mass is 32.1. The van der Waals surface area contributed by atoms with E-state index in [2.05, 4.69) is 18.4 Å². The van der Waals surface area contributed by atoms with Crippen molar-refractivity contribution in [1.29, 1.82) is 0 Å². The largest absolute Gasteiger partial charge is 0.495 e. The van der Waals surface area contributed by atoms with Gasteiger partial charge in [-0.3, -0.25) is 4.79 Å². The van der Waals surface area contributed by atoms with Crippen LogP contribution < -0.4 is 10.5 Å². The van der Waals surface area contributed by atoms with Crippen LogP contribution in [0.2, 0.25) is 0 Å². The molecule has 0 spiro atoms. The van der Waals surface area contributed by atoms with Gasteiger partial charge in [0.2, 0.25) is 0 Å². The molecule has 5 heteroatoms. The van der Waals surface area contributed by atoms with Crippen molar-refractivity contribution in [2.24, 2.45) is 0 Å². The fourth-order valence-corrected chi connectivity index (χ4v) is 3.78. The number of ether oxygens (including phenoxy) is 1. The number of benzene rings is 1. The lowest BCUT2D eigenvalue weighted by Gasteiger charge is -2.33. The number of methoxy groups -OCH3 is 1. The Morgan fingerprint density at radius 2 is 2.24 bits per heavy atom. The van der Waals surface area contributed by atoms with E-state index in [4.69, 9.17) is 10.5 Å². The fraction of sp³-hybridized carbons (Fsp3) is 0.312. The Kier molecular flexibility index (Phi) is 3.59. The first kappa shape index (κ1) is 13.9. The van der Waals surface area contributed by atoms with Crippen molar-refractivity contribution in [2.45, 2.75) is 19.4 Å². The molecule has 2 aromatic rings. The Hall–Kier alpha value is -2.01. The summed E-state index contributed by atoms with van der Waals surface area (Å²) >= 11 is 1.77. The molecular weight excluding hydrogens is 284 g/mol. The fourth-order valence-electron chi connectivity index (χ4n) is 2.82. The zero-order valence-corrected chi connectivity index (χ0v) is 12.9. The lowest BCUT2D eigenvalue weighted by Crippen LogP contribution is -2.38. The molecule has 4 nitrogen and oxygen atoms in total. The molecule has 0 fully saturated rings. The van der Waals surface area contributed by atoms with E-state index in [9.17, 15) is 4.79 Å². The summed E-state index contributed by atoms with van der Waals surface area (Å²) in [7, 11) is 1.57. The Labute approximate surface area is 128 Å². The number of nitrogens with zero attached hydrogens (tertiary/aromatic N) is 1. The van der Waals surface area contributed by atoms with Gasteiger partial charge in [-0.05, 0) is 48.6 Å². The third-order valence-corrected chi connectivity index (χ3v) is 5.01. The van der Waals surface area contributed by atoms with Gasteiger partial charge in [0, 0.05) is 17.0 Å². The van der Waals surface area contributed by atoms with Crippen LogP contribution in [-0.2, 0) is 6.42 Å². The van der Waals surface area contributed by atoms with E-state index in [0.717, 1.165) is 13.0 Å². The van der Waals surface area contributed by atoms with Gasteiger partial charge in [-0.2, -0.15) is 0 Å². The monoisotopic (exact) mass is 302 g/mol. The number of carbonyl (C=O) groups excluding carboxylic acids is 1. The molecule has 0 aliphatic carbocycles. The van der Waals surface area contributed by atoms with Gasteiger partial charge in [0.15, 0.2) is 0 Å². The molecule has 0 saturated carbocycles. The number of hydrogen-bond acceptors (Lipinski definition) is 4. The third-order valence-electron chi connectivity index (χ3n) is 4.01. The summed E-state index contributed by atoms with van der Waals surface area (Å²) in [5, 5.41) is 2.10. The minimum atomic E-state index is 0.0219. The summed E-state index contributed by atoms with van der Waals surface area (Å²) in [6.07, 6.45) is 0.925. The molecule has 0 radical (unpaired) electrons. The number of fused-ring (bicyclic) bond motifs is 1. The molecule has 1 aliphatic rings. The van der Waals surface area contributed by atoms with E-state index in [-0.39, 0.29) is 11.9 Å². The Morgan fingerprint density at radius 3 is 2.95 bits per heavy atom. The van der Waals surface area contributed by atoms with E-state index in [1.54, 1.807) is 36.6 Å². The maximum Gasteiger partial charge on any atom is 0.254 e. The van der Waals surface area contributed by atoms with Crippen LogP contribution in [0, 0.1) is 0 Å². The van der Waals surface area contributed by atoms with Crippen molar-refractivity contribution in [3.63, 3.8) is 0 Å². The Bertz CT molecular complexity index is 681. The van der Waals surface area contributed by atoms with Crippen molar-refractivity contribution < 1.29 is 9.53 Å². The lowest BCUT2D eigenvalue weighted by atomic mass is 10.00. The summed E-state index contributed by atoms with van der Waals surface area (Å²) in [4.78, 5) is 16.0. The first-order valence-corrected chi connectivity index (χ1v) is 7.80. The van der Waals surface area contributed by atoms with Crippen LogP contribution in [0.3, 0.4) is 0 Å². The molecule has 0 saturated heterocycles. The summed E-state index contributed by atoms with van der Waals surface area (Å²) < 4.78 is 5.13. The van der Waals surface area contributed by atoms with Crippen molar-refractivity contribution >= 4 is 22.9 Å². The molecule has 0 bridgehead atoms. The molecule has 1 aromatic heterocycles. The molecule has 1 aliphatic heterocycles. The number of anilines is 1. The average Bonchev–Trinajstić information content (AvgIpc) is 2.96. The first-order chi connectivity index (χ1) is 10.1. The zero-order chi connectivity index (χ0) is 15.0. The quantitative estimate of drug-likeness (QED) is 0.867. The minimum Gasteiger partial charge on any atom is -0.495 e. The number of thiophene rings is 1. The molecule has 1 amide bonds. The average molecular weight is 302 g/mol. The maximum atomic E-state index is 12.7. The molecular formula is C16H18N2O2S. The van der Waals surface area contributed by atoms with E-state index in [1.165, 1.54) is 10.4 Å². The van der Waals surface area contributed by atoms with Gasteiger partial charge in [0.05, 0.1) is 18.8 Å². The van der Waals surface area contributed by atoms with Crippen LogP contribution in [0.15, 0.2) is 29.6 Å². The predicted octanol–water partition coefficient (Wildman–Crippen LogP) is 3.10. The highest BCUT2D eigenvalue weighted by molar-refractivity contribution is 7.10. The minimum absolute atomic E-state index is 0.0219. The number of amides is 1. The molecule has 1 atom stereocenters. The maximum absolute atomic E-state index is 12.7. The highest BCUT2D eigenvalue weighted by Gasteiger charge is 2.29.